The predicted octanol–water partition coefficient (Wildman–Crippen LogP) is 31.1. The van der Waals surface area contributed by atoms with E-state index in [2.05, 4.69) is 249 Å². The van der Waals surface area contributed by atoms with Crippen LogP contribution >= 0.6 is 7.14 Å². The summed E-state index contributed by atoms with van der Waals surface area (Å²) < 4.78 is 33.9. The third-order valence-corrected chi connectivity index (χ3v) is 28.5. The Morgan fingerprint density at radius 3 is 0.770 bits per heavy atom. The van der Waals surface area contributed by atoms with Gasteiger partial charge in [0.2, 0.25) is 0 Å². The van der Waals surface area contributed by atoms with Gasteiger partial charge in [-0.05, 0) is 100 Å². The van der Waals surface area contributed by atoms with E-state index in [1.54, 1.807) is 0 Å². The molecule has 0 aliphatic heterocycles. The van der Waals surface area contributed by atoms with Crippen molar-refractivity contribution in [1.29, 1.82) is 0 Å². The molecule has 0 saturated carbocycles. The number of hydrogen-bond donors (Lipinski definition) is 0. The van der Waals surface area contributed by atoms with E-state index < -0.39 is 7.14 Å². The minimum Gasteiger partial charge on any atom is -0.455 e. The number of furan rings is 3. The number of hydrogen-bond acceptors (Lipinski definition) is 11. The van der Waals surface area contributed by atoms with Crippen LogP contribution in [0, 0.1) is 0 Å². The van der Waals surface area contributed by atoms with Crippen molar-refractivity contribution < 1.29 is 17.8 Å². The fraction of sp³-hybridized carbons (Fsp3) is 0. The molecular weight excluding hydrogens is 1670 g/mol. The van der Waals surface area contributed by atoms with Crippen molar-refractivity contribution in [3.8, 4) is 124 Å². The molecular formula is C123H78N7O4P. The van der Waals surface area contributed by atoms with E-state index in [0.717, 1.165) is 215 Å². The predicted molar refractivity (Wildman–Crippen MR) is 555 cm³/mol. The summed E-state index contributed by atoms with van der Waals surface area (Å²) in [6.45, 7) is 0. The maximum atomic E-state index is 14.7. The average Bonchev–Trinajstić information content (AvgIpc) is 1.63. The van der Waals surface area contributed by atoms with Crippen LogP contribution in [0.25, 0.3) is 233 Å². The van der Waals surface area contributed by atoms with Crippen LogP contribution < -0.4 is 15.9 Å². The van der Waals surface area contributed by atoms with Crippen LogP contribution in [0.15, 0.2) is 486 Å². The van der Waals surface area contributed by atoms with Gasteiger partial charge in [-0.25, -0.2) is 34.9 Å². The molecule has 11 nitrogen and oxygen atoms in total. The molecule has 8 aromatic heterocycles. The molecule has 0 aliphatic carbocycles. The van der Waals surface area contributed by atoms with Gasteiger partial charge in [0.25, 0.3) is 0 Å². The molecule has 0 atom stereocenters. The first-order valence-corrected chi connectivity index (χ1v) is 46.8. The van der Waals surface area contributed by atoms with E-state index in [1.165, 1.54) is 22.3 Å². The molecule has 135 heavy (non-hydrogen) atoms. The smallest absolute Gasteiger partial charge is 0.171 e. The third kappa shape index (κ3) is 15.1. The molecule has 0 aliphatic rings. The Labute approximate surface area is 776 Å². The standard InChI is InChI=1S/C43H27N3O.C41H25N3O.C39H26NO2P/c1-3-11-28(12-4-1)29-19-21-30(22-20-29)37-27-38(46-43(45-37)33-13-5-2-6-14-33)31-23-25-32(26-24-31)41-40-35-16-8-10-18-39(35)47-42(40)34-15-7-9-17-36(34)44-41;1-2-10-26(11-3-1)27-18-20-28(21-19-27)38-31-12-4-7-15-34(31)43-41(44-38)30-24-22-29(23-25-30)39-37-33-14-6-9-17-36(33)45-40(37)32-13-5-8-16-35(32)42-39;41-43(30-11-3-1-4-12-30,31-13-5-2-6-14-31)32-25-23-28(24-26-32)27-19-21-29(22-20-27)38-37-34-16-8-10-18-36(34)42-39(37)33-15-7-9-17-35(33)40-38/h1-27H;1-25H;1-26H. The second-order valence-electron chi connectivity index (χ2n) is 33.5. The summed E-state index contributed by atoms with van der Waals surface area (Å²) >= 11 is 0. The highest BCUT2D eigenvalue weighted by Gasteiger charge is 2.30. The van der Waals surface area contributed by atoms with E-state index in [4.69, 9.17) is 48.1 Å². The van der Waals surface area contributed by atoms with E-state index >= 15 is 0 Å². The summed E-state index contributed by atoms with van der Waals surface area (Å²) in [4.78, 5) is 35.6. The van der Waals surface area contributed by atoms with Gasteiger partial charge in [-0.15, -0.1) is 0 Å². The lowest BCUT2D eigenvalue weighted by atomic mass is 9.99. The van der Waals surface area contributed by atoms with E-state index in [1.807, 2.05) is 224 Å². The van der Waals surface area contributed by atoms with Crippen molar-refractivity contribution in [1.82, 2.24) is 34.9 Å². The second kappa shape index (κ2) is 34.6. The molecule has 0 fully saturated rings. The van der Waals surface area contributed by atoms with Crippen molar-refractivity contribution in [2.24, 2.45) is 0 Å². The molecule has 26 aromatic rings. The first-order chi connectivity index (χ1) is 66.8. The Morgan fingerprint density at radius 2 is 0.407 bits per heavy atom. The Hall–Kier alpha value is -17.8. The lowest BCUT2D eigenvalue weighted by Crippen LogP contribution is -2.24. The molecule has 0 saturated heterocycles. The highest BCUT2D eigenvalue weighted by molar-refractivity contribution is 7.85. The summed E-state index contributed by atoms with van der Waals surface area (Å²) in [6, 6.07) is 161. The Bertz CT molecular complexity index is 8970. The fourth-order valence-corrected chi connectivity index (χ4v) is 21.3. The zero-order valence-electron chi connectivity index (χ0n) is 72.7. The minimum absolute atomic E-state index is 0.688. The number of benzene rings is 18. The zero-order chi connectivity index (χ0) is 89.7. The quantitative estimate of drug-likeness (QED) is 0.0959. The summed E-state index contributed by atoms with van der Waals surface area (Å²) in [5, 5.41) is 12.8. The SMILES string of the molecule is O=P(c1ccccc1)(c1ccccc1)c1ccc(-c2ccc(-c3nc4ccccc4c4oc5ccccc5c34)cc2)cc1.c1ccc(-c2ccc(-c3cc(-c4ccc(-c5nc6ccccc6c6oc7ccccc7c56)cc4)nc(-c4ccccc4)n3)cc2)cc1.c1ccc(-c2ccc(-c3nc(-c4ccc(-c5nc6ccccc6c6oc7ccccc7c56)cc4)nc4ccccc34)cc2)cc1. The van der Waals surface area contributed by atoms with Gasteiger partial charge >= 0.3 is 0 Å². The van der Waals surface area contributed by atoms with Crippen LogP contribution in [0.3, 0.4) is 0 Å². The highest BCUT2D eigenvalue weighted by atomic mass is 31.2. The Kier molecular flexibility index (Phi) is 20.6. The molecule has 0 unspecified atom stereocenters. The molecule has 0 N–H and O–H groups in total. The van der Waals surface area contributed by atoms with Gasteiger partial charge in [0.1, 0.15) is 33.5 Å². The van der Waals surface area contributed by atoms with E-state index in [9.17, 15) is 4.57 Å². The van der Waals surface area contributed by atoms with E-state index in [-0.39, 0.29) is 0 Å². The average molecular weight is 1750 g/mol. The molecule has 0 bridgehead atoms. The van der Waals surface area contributed by atoms with Crippen molar-refractivity contribution in [3.05, 3.63) is 473 Å². The number of pyridine rings is 3. The number of fused-ring (bicyclic) bond motifs is 16. The van der Waals surface area contributed by atoms with Crippen LogP contribution in [0.5, 0.6) is 0 Å². The molecule has 8 heterocycles. The lowest BCUT2D eigenvalue weighted by Gasteiger charge is -2.20. The number of para-hydroxylation sites is 7. The van der Waals surface area contributed by atoms with Crippen molar-refractivity contribution in [2.75, 3.05) is 0 Å². The fourth-order valence-electron chi connectivity index (χ4n) is 18.6. The monoisotopic (exact) mass is 1750 g/mol. The van der Waals surface area contributed by atoms with Crippen LogP contribution in [-0.4, -0.2) is 34.9 Å². The molecule has 12 heteroatoms. The van der Waals surface area contributed by atoms with Crippen LogP contribution in [-0.2, 0) is 4.57 Å². The first-order valence-electron chi connectivity index (χ1n) is 45.1. The van der Waals surface area contributed by atoms with Crippen LogP contribution in [0.4, 0.5) is 0 Å². The molecule has 18 aromatic carbocycles. The number of aromatic nitrogens is 7. The molecule has 0 spiro atoms. The zero-order valence-corrected chi connectivity index (χ0v) is 73.6. The third-order valence-electron chi connectivity index (χ3n) is 25.4. The van der Waals surface area contributed by atoms with Gasteiger partial charge in [-0.1, -0.05) is 406 Å². The Balaban J connectivity index is 0.000000111. The summed E-state index contributed by atoms with van der Waals surface area (Å²) in [7, 11) is -3.01. The van der Waals surface area contributed by atoms with Crippen molar-refractivity contribution in [2.45, 2.75) is 0 Å². The summed E-state index contributed by atoms with van der Waals surface area (Å²) in [5.41, 5.74) is 29.1. The van der Waals surface area contributed by atoms with Crippen molar-refractivity contribution in [3.63, 3.8) is 0 Å². The molecule has 26 rings (SSSR count). The Morgan fingerprint density at radius 1 is 0.170 bits per heavy atom. The topological polar surface area (TPSA) is 147 Å². The summed E-state index contributed by atoms with van der Waals surface area (Å²) in [5.74, 6) is 1.38. The minimum atomic E-state index is -3.01. The normalized spacial score (nSPS) is 11.6. The molecule has 0 radical (unpaired) electrons. The van der Waals surface area contributed by atoms with Crippen LogP contribution in [0.1, 0.15) is 0 Å². The van der Waals surface area contributed by atoms with E-state index in [0.29, 0.717) is 11.6 Å². The largest absolute Gasteiger partial charge is 0.455 e. The maximum absolute atomic E-state index is 14.7. The van der Waals surface area contributed by atoms with Gasteiger partial charge in [0.05, 0.1) is 72.4 Å². The van der Waals surface area contributed by atoms with Crippen molar-refractivity contribution >= 4 is 132 Å². The van der Waals surface area contributed by atoms with Gasteiger partial charge in [0, 0.05) is 98.1 Å². The lowest BCUT2D eigenvalue weighted by molar-refractivity contribution is 0.592. The van der Waals surface area contributed by atoms with Gasteiger partial charge in [0.15, 0.2) is 18.8 Å². The second-order valence-corrected chi connectivity index (χ2v) is 36.3. The van der Waals surface area contributed by atoms with Gasteiger partial charge in [-0.2, -0.15) is 0 Å². The van der Waals surface area contributed by atoms with Gasteiger partial charge in [-0.3, -0.25) is 0 Å². The van der Waals surface area contributed by atoms with Gasteiger partial charge < -0.3 is 17.8 Å². The highest BCUT2D eigenvalue weighted by Crippen LogP contribution is 2.47. The van der Waals surface area contributed by atoms with Crippen LogP contribution in [0.2, 0.25) is 0 Å². The molecule has 0 amide bonds. The number of rotatable bonds is 14. The molecule has 634 valence electrons. The summed E-state index contributed by atoms with van der Waals surface area (Å²) in [6.07, 6.45) is 0. The maximum Gasteiger partial charge on any atom is 0.171 e. The number of nitrogens with zero attached hydrogens (tertiary/aromatic N) is 7. The first kappa shape index (κ1) is 80.5.